The lowest BCUT2D eigenvalue weighted by atomic mass is 9.87. The zero-order valence-electron chi connectivity index (χ0n) is 23.4. The van der Waals surface area contributed by atoms with Gasteiger partial charge in [0.05, 0.1) is 6.04 Å². The number of alkyl carbamates (subject to hydrolysis) is 1. The molecular formula is C30H40F2N4O4. The van der Waals surface area contributed by atoms with Crippen molar-refractivity contribution in [3.63, 3.8) is 0 Å². The molecule has 1 aromatic rings. The van der Waals surface area contributed by atoms with Gasteiger partial charge < -0.3 is 30.0 Å². The van der Waals surface area contributed by atoms with Crippen LogP contribution in [0.1, 0.15) is 69.3 Å². The Balaban J connectivity index is 1.22. The van der Waals surface area contributed by atoms with E-state index in [4.69, 9.17) is 4.74 Å². The van der Waals surface area contributed by atoms with E-state index in [-0.39, 0.29) is 36.1 Å². The van der Waals surface area contributed by atoms with E-state index in [2.05, 4.69) is 17.2 Å². The van der Waals surface area contributed by atoms with Crippen molar-refractivity contribution in [2.45, 2.75) is 69.7 Å². The number of halogens is 2. The van der Waals surface area contributed by atoms with Crippen molar-refractivity contribution in [3.8, 4) is 0 Å². The van der Waals surface area contributed by atoms with Crippen LogP contribution in [0.2, 0.25) is 0 Å². The number of hydrogen-bond donors (Lipinski definition) is 2. The van der Waals surface area contributed by atoms with Crippen LogP contribution in [-0.2, 0) is 14.3 Å². The monoisotopic (exact) mass is 558 g/mol. The Bertz CT molecular complexity index is 1130. The van der Waals surface area contributed by atoms with E-state index in [0.29, 0.717) is 43.8 Å². The van der Waals surface area contributed by atoms with Crippen LogP contribution in [-0.4, -0.2) is 63.0 Å². The number of benzene rings is 1. The summed E-state index contributed by atoms with van der Waals surface area (Å²) < 4.78 is 35.2. The van der Waals surface area contributed by atoms with Gasteiger partial charge in [0.1, 0.15) is 23.7 Å². The summed E-state index contributed by atoms with van der Waals surface area (Å²) in [5.74, 6) is -1.57. The van der Waals surface area contributed by atoms with Crippen LogP contribution in [0.15, 0.2) is 35.7 Å². The highest BCUT2D eigenvalue weighted by Crippen LogP contribution is 2.34. The van der Waals surface area contributed by atoms with Gasteiger partial charge in [0.15, 0.2) is 0 Å². The molecule has 10 heteroatoms. The Morgan fingerprint density at radius 1 is 1.18 bits per heavy atom. The Morgan fingerprint density at radius 3 is 2.40 bits per heavy atom. The molecule has 218 valence electrons. The minimum atomic E-state index is -0.874. The quantitative estimate of drug-likeness (QED) is 0.253. The summed E-state index contributed by atoms with van der Waals surface area (Å²) in [6, 6.07) is 2.22. The molecule has 4 rings (SSSR count). The van der Waals surface area contributed by atoms with Gasteiger partial charge in [0, 0.05) is 69.4 Å². The highest BCUT2D eigenvalue weighted by molar-refractivity contribution is 5.76. The highest BCUT2D eigenvalue weighted by Gasteiger charge is 2.31. The molecule has 40 heavy (non-hydrogen) atoms. The first kappa shape index (κ1) is 29.6. The fraction of sp³-hybridized carbons (Fsp3) is 0.567. The van der Waals surface area contributed by atoms with Gasteiger partial charge in [-0.1, -0.05) is 12.2 Å². The van der Waals surface area contributed by atoms with Crippen LogP contribution in [0.4, 0.5) is 19.3 Å². The lowest BCUT2D eigenvalue weighted by Gasteiger charge is -2.41. The SMILES string of the molecule is C=C(CCC(=O)N(C)CC1CC1)OC(=O)NC1CN(c2cc(F)c(C(C=O)CCC(NC)=C3CCC3)c(F)c2)C1. The molecule has 1 heterocycles. The van der Waals surface area contributed by atoms with Crippen LogP contribution in [0.25, 0.3) is 0 Å². The van der Waals surface area contributed by atoms with Gasteiger partial charge in [-0.25, -0.2) is 13.6 Å². The normalized spacial score (nSPS) is 17.3. The van der Waals surface area contributed by atoms with Gasteiger partial charge in [0.25, 0.3) is 0 Å². The molecule has 1 unspecified atom stereocenters. The second-order valence-electron chi connectivity index (χ2n) is 11.2. The molecular weight excluding hydrogens is 518 g/mol. The maximum Gasteiger partial charge on any atom is 0.412 e. The number of rotatable bonds is 14. The first-order valence-electron chi connectivity index (χ1n) is 14.2. The Kier molecular flexibility index (Phi) is 9.81. The predicted octanol–water partition coefficient (Wildman–Crippen LogP) is 4.76. The molecule has 0 radical (unpaired) electrons. The first-order valence-corrected chi connectivity index (χ1v) is 14.2. The number of hydrogen-bond acceptors (Lipinski definition) is 6. The first-order chi connectivity index (χ1) is 19.2. The van der Waals surface area contributed by atoms with E-state index >= 15 is 8.78 Å². The van der Waals surface area contributed by atoms with Gasteiger partial charge in [-0.15, -0.1) is 0 Å². The van der Waals surface area contributed by atoms with Crippen LogP contribution in [0.3, 0.4) is 0 Å². The zero-order chi connectivity index (χ0) is 28.8. The third kappa shape index (κ3) is 7.61. The molecule has 1 aliphatic heterocycles. The number of carbonyl (C=O) groups is 3. The van der Waals surface area contributed by atoms with Crippen LogP contribution in [0.5, 0.6) is 0 Å². The number of nitrogens with zero attached hydrogens (tertiary/aromatic N) is 2. The summed E-state index contributed by atoms with van der Waals surface area (Å²) in [5.41, 5.74) is 2.52. The molecule has 0 bridgehead atoms. The molecule has 0 aromatic heterocycles. The molecule has 1 aromatic carbocycles. The zero-order valence-corrected chi connectivity index (χ0v) is 23.4. The lowest BCUT2D eigenvalue weighted by molar-refractivity contribution is -0.130. The van der Waals surface area contributed by atoms with Crippen LogP contribution >= 0.6 is 0 Å². The molecule has 8 nitrogen and oxygen atoms in total. The Morgan fingerprint density at radius 2 is 1.85 bits per heavy atom. The third-order valence-corrected chi connectivity index (χ3v) is 8.07. The molecule has 1 atom stereocenters. The fourth-order valence-electron chi connectivity index (χ4n) is 5.21. The maximum absolute atomic E-state index is 15.0. The van der Waals surface area contributed by atoms with Crippen molar-refractivity contribution in [2.24, 2.45) is 5.92 Å². The fourth-order valence-corrected chi connectivity index (χ4v) is 5.21. The Hall–Kier alpha value is -3.43. The van der Waals surface area contributed by atoms with E-state index in [9.17, 15) is 14.4 Å². The second-order valence-corrected chi connectivity index (χ2v) is 11.2. The van der Waals surface area contributed by atoms with E-state index in [1.165, 1.54) is 30.5 Å². The number of nitrogens with one attached hydrogen (secondary N) is 2. The summed E-state index contributed by atoms with van der Waals surface area (Å²) in [6.45, 7) is 5.18. The largest absolute Gasteiger partial charge is 0.416 e. The van der Waals surface area contributed by atoms with Gasteiger partial charge in [-0.3, -0.25) is 4.79 Å². The molecule has 0 spiro atoms. The maximum atomic E-state index is 15.0. The summed E-state index contributed by atoms with van der Waals surface area (Å²) in [7, 11) is 3.61. The van der Waals surface area contributed by atoms with E-state index in [1.54, 1.807) is 16.8 Å². The summed E-state index contributed by atoms with van der Waals surface area (Å²) in [4.78, 5) is 39.6. The van der Waals surface area contributed by atoms with Crippen molar-refractivity contribution >= 4 is 24.0 Å². The number of aldehydes is 1. The summed E-state index contributed by atoms with van der Waals surface area (Å²) >= 11 is 0. The molecule has 1 saturated heterocycles. The third-order valence-electron chi connectivity index (χ3n) is 8.07. The molecule has 3 fully saturated rings. The number of carbonyl (C=O) groups excluding carboxylic acids is 3. The van der Waals surface area contributed by atoms with Crippen LogP contribution in [0, 0.1) is 17.6 Å². The predicted molar refractivity (Wildman–Crippen MR) is 149 cm³/mol. The van der Waals surface area contributed by atoms with Gasteiger partial charge >= 0.3 is 6.09 Å². The Labute approximate surface area is 234 Å². The van der Waals surface area contributed by atoms with Crippen molar-refractivity contribution in [1.29, 1.82) is 0 Å². The van der Waals surface area contributed by atoms with E-state index in [1.807, 2.05) is 7.05 Å². The van der Waals surface area contributed by atoms with Crippen molar-refractivity contribution in [1.82, 2.24) is 15.5 Å². The van der Waals surface area contributed by atoms with Crippen molar-refractivity contribution in [3.05, 3.63) is 52.9 Å². The topological polar surface area (TPSA) is 91.0 Å². The van der Waals surface area contributed by atoms with E-state index in [0.717, 1.165) is 31.5 Å². The van der Waals surface area contributed by atoms with E-state index < -0.39 is 23.6 Å². The summed E-state index contributed by atoms with van der Waals surface area (Å²) in [5, 5.41) is 5.87. The smallest absolute Gasteiger partial charge is 0.412 e. The number of amides is 2. The number of ether oxygens (including phenoxy) is 1. The molecule has 2 N–H and O–H groups in total. The molecule has 3 aliphatic rings. The summed E-state index contributed by atoms with van der Waals surface area (Å²) in [6.07, 6.45) is 6.82. The van der Waals surface area contributed by atoms with Crippen molar-refractivity contribution in [2.75, 3.05) is 38.6 Å². The second kappa shape index (κ2) is 13.3. The van der Waals surface area contributed by atoms with Crippen LogP contribution < -0.4 is 15.5 Å². The average Bonchev–Trinajstić information content (AvgIpc) is 3.67. The standard InChI is InChI=1S/C30H40F2N4O4/c1-19(7-12-28(38)35(3)15-20-8-9-20)40-30(39)34-23-16-36(17-23)24-13-25(31)29(26(32)14-24)22(18-37)10-11-27(33-2)21-5-4-6-21/h13-14,18,20,22-23,33H,1,4-12,15-17H2,2-3H3,(H,34,39). The number of anilines is 1. The van der Waals surface area contributed by atoms with Gasteiger partial charge in [-0.2, -0.15) is 0 Å². The van der Waals surface area contributed by atoms with Gasteiger partial charge in [0.2, 0.25) is 5.91 Å². The molecule has 2 amide bonds. The lowest BCUT2D eigenvalue weighted by Crippen LogP contribution is -2.59. The average molecular weight is 559 g/mol. The van der Waals surface area contributed by atoms with Gasteiger partial charge in [-0.05, 0) is 63.0 Å². The molecule has 2 aliphatic carbocycles. The number of allylic oxidation sites excluding steroid dienone is 3. The minimum Gasteiger partial charge on any atom is -0.416 e. The molecule has 2 saturated carbocycles. The highest BCUT2D eigenvalue weighted by atomic mass is 19.1. The minimum absolute atomic E-state index is 0.00893. The van der Waals surface area contributed by atoms with Crippen molar-refractivity contribution < 1.29 is 27.9 Å².